The molecule has 1 saturated heterocycles. The van der Waals surface area contributed by atoms with Crippen molar-refractivity contribution in [1.29, 1.82) is 5.26 Å². The molecule has 0 N–H and O–H groups in total. The van der Waals surface area contributed by atoms with Crippen molar-refractivity contribution in [3.05, 3.63) is 28.8 Å². The number of rotatable bonds is 3. The summed E-state index contributed by atoms with van der Waals surface area (Å²) >= 11 is 5.89. The van der Waals surface area contributed by atoms with Gasteiger partial charge in [-0.05, 0) is 19.2 Å². The van der Waals surface area contributed by atoms with Crippen molar-refractivity contribution in [2.75, 3.05) is 33.4 Å². The highest BCUT2D eigenvalue weighted by Crippen LogP contribution is 2.23. The van der Waals surface area contributed by atoms with Gasteiger partial charge in [0, 0.05) is 24.2 Å². The summed E-state index contributed by atoms with van der Waals surface area (Å²) in [4.78, 5) is 2.20. The van der Waals surface area contributed by atoms with Crippen LogP contribution in [-0.4, -0.2) is 44.4 Å². The first-order chi connectivity index (χ1) is 8.69. The predicted octanol–water partition coefficient (Wildman–Crippen LogP) is 1.92. The summed E-state index contributed by atoms with van der Waals surface area (Å²) in [5.74, 6) is 0.516. The lowest BCUT2D eigenvalue weighted by molar-refractivity contribution is -0.0403. The first kappa shape index (κ1) is 13.2. The zero-order chi connectivity index (χ0) is 13.0. The lowest BCUT2D eigenvalue weighted by Crippen LogP contribution is -2.42. The van der Waals surface area contributed by atoms with E-state index >= 15 is 0 Å². The largest absolute Gasteiger partial charge is 0.489 e. The number of nitrogens with zero attached hydrogens (tertiary/aromatic N) is 2. The number of hydrogen-bond acceptors (Lipinski definition) is 4. The van der Waals surface area contributed by atoms with Gasteiger partial charge in [-0.3, -0.25) is 0 Å². The van der Waals surface area contributed by atoms with Crippen molar-refractivity contribution in [2.24, 2.45) is 0 Å². The van der Waals surface area contributed by atoms with E-state index in [-0.39, 0.29) is 6.10 Å². The molecule has 0 saturated carbocycles. The molecule has 1 aromatic rings. The third kappa shape index (κ3) is 3.36. The summed E-state index contributed by atoms with van der Waals surface area (Å²) in [5.41, 5.74) is 0.489. The standard InChI is InChI=1S/C13H15ClN2O2/c1-16-4-5-17-12(8-16)9-18-13-6-11(14)3-2-10(13)7-15/h2-3,6,12H,4-5,8-9H2,1H3. The summed E-state index contributed by atoms with van der Waals surface area (Å²) in [6.07, 6.45) is 0.0364. The molecule has 0 bridgehead atoms. The van der Waals surface area contributed by atoms with Crippen LogP contribution < -0.4 is 4.74 Å². The van der Waals surface area contributed by atoms with Gasteiger partial charge in [0.2, 0.25) is 0 Å². The second-order valence-electron chi connectivity index (χ2n) is 4.32. The van der Waals surface area contributed by atoms with Crippen LogP contribution in [0.4, 0.5) is 0 Å². The Morgan fingerprint density at radius 1 is 1.61 bits per heavy atom. The van der Waals surface area contributed by atoms with E-state index in [9.17, 15) is 0 Å². The highest BCUT2D eigenvalue weighted by molar-refractivity contribution is 6.30. The van der Waals surface area contributed by atoms with Gasteiger partial charge < -0.3 is 14.4 Å². The highest BCUT2D eigenvalue weighted by atomic mass is 35.5. The molecule has 1 aromatic carbocycles. The molecular weight excluding hydrogens is 252 g/mol. The molecule has 1 aliphatic heterocycles. The van der Waals surface area contributed by atoms with Crippen LogP contribution in [0.2, 0.25) is 5.02 Å². The zero-order valence-corrected chi connectivity index (χ0v) is 11.0. The van der Waals surface area contributed by atoms with Gasteiger partial charge in [0.25, 0.3) is 0 Å². The molecule has 18 heavy (non-hydrogen) atoms. The topological polar surface area (TPSA) is 45.5 Å². The number of likely N-dealkylation sites (N-methyl/N-ethyl adjacent to an activating group) is 1. The molecule has 0 spiro atoms. The Morgan fingerprint density at radius 3 is 3.17 bits per heavy atom. The van der Waals surface area contributed by atoms with Crippen LogP contribution >= 0.6 is 11.6 Å². The first-order valence-corrected chi connectivity index (χ1v) is 6.19. The Bertz CT molecular complexity index is 459. The van der Waals surface area contributed by atoms with E-state index in [2.05, 4.69) is 18.0 Å². The molecule has 4 nitrogen and oxygen atoms in total. The number of nitriles is 1. The van der Waals surface area contributed by atoms with Gasteiger partial charge in [-0.2, -0.15) is 5.26 Å². The molecule has 0 aliphatic carbocycles. The van der Waals surface area contributed by atoms with E-state index in [4.69, 9.17) is 26.3 Å². The van der Waals surface area contributed by atoms with E-state index in [1.165, 1.54) is 0 Å². The zero-order valence-electron chi connectivity index (χ0n) is 10.2. The molecule has 1 atom stereocenters. The second kappa shape index (κ2) is 6.05. The summed E-state index contributed by atoms with van der Waals surface area (Å²) in [6, 6.07) is 7.08. The van der Waals surface area contributed by atoms with Crippen molar-refractivity contribution in [2.45, 2.75) is 6.10 Å². The fraction of sp³-hybridized carbons (Fsp3) is 0.462. The number of benzene rings is 1. The Kier molecular flexibility index (Phi) is 4.43. The SMILES string of the molecule is CN1CCOC(COc2cc(Cl)ccc2C#N)C1. The maximum Gasteiger partial charge on any atom is 0.138 e. The van der Waals surface area contributed by atoms with Gasteiger partial charge in [0.05, 0.1) is 12.2 Å². The van der Waals surface area contributed by atoms with Crippen molar-refractivity contribution in [3.63, 3.8) is 0 Å². The van der Waals surface area contributed by atoms with E-state index in [0.29, 0.717) is 29.5 Å². The van der Waals surface area contributed by atoms with Gasteiger partial charge in [0.15, 0.2) is 0 Å². The van der Waals surface area contributed by atoms with Crippen LogP contribution in [0.15, 0.2) is 18.2 Å². The van der Waals surface area contributed by atoms with Crippen LogP contribution in [0.25, 0.3) is 0 Å². The normalized spacial score (nSPS) is 20.4. The van der Waals surface area contributed by atoms with E-state index in [1.54, 1.807) is 18.2 Å². The molecule has 0 amide bonds. The second-order valence-corrected chi connectivity index (χ2v) is 4.75. The maximum atomic E-state index is 8.98. The minimum atomic E-state index is 0.0364. The van der Waals surface area contributed by atoms with Gasteiger partial charge >= 0.3 is 0 Å². The van der Waals surface area contributed by atoms with E-state index in [1.807, 2.05) is 0 Å². The first-order valence-electron chi connectivity index (χ1n) is 5.81. The number of halogens is 1. The average molecular weight is 267 g/mol. The molecular formula is C13H15ClN2O2. The van der Waals surface area contributed by atoms with Crippen molar-refractivity contribution in [3.8, 4) is 11.8 Å². The molecule has 2 rings (SSSR count). The molecule has 1 heterocycles. The van der Waals surface area contributed by atoms with Crippen LogP contribution in [0, 0.1) is 11.3 Å². The fourth-order valence-corrected chi connectivity index (χ4v) is 2.02. The number of morpholine rings is 1. The molecule has 0 aromatic heterocycles. The third-order valence-electron chi connectivity index (χ3n) is 2.83. The van der Waals surface area contributed by atoms with Crippen LogP contribution in [0.3, 0.4) is 0 Å². The number of ether oxygens (including phenoxy) is 2. The smallest absolute Gasteiger partial charge is 0.138 e. The van der Waals surface area contributed by atoms with E-state index in [0.717, 1.165) is 13.1 Å². The van der Waals surface area contributed by atoms with E-state index < -0.39 is 0 Å². The minimum absolute atomic E-state index is 0.0364. The maximum absolute atomic E-state index is 8.98. The third-order valence-corrected chi connectivity index (χ3v) is 3.07. The van der Waals surface area contributed by atoms with Crippen LogP contribution in [0.1, 0.15) is 5.56 Å². The molecule has 1 aliphatic rings. The summed E-state index contributed by atoms with van der Waals surface area (Å²) in [7, 11) is 2.05. The molecule has 1 fully saturated rings. The summed E-state index contributed by atoms with van der Waals surface area (Å²) in [5, 5.41) is 9.54. The Morgan fingerprint density at radius 2 is 2.44 bits per heavy atom. The fourth-order valence-electron chi connectivity index (χ4n) is 1.86. The van der Waals surface area contributed by atoms with Crippen molar-refractivity contribution < 1.29 is 9.47 Å². The van der Waals surface area contributed by atoms with Crippen molar-refractivity contribution in [1.82, 2.24) is 4.90 Å². The highest BCUT2D eigenvalue weighted by Gasteiger charge is 2.18. The van der Waals surface area contributed by atoms with Gasteiger partial charge in [-0.25, -0.2) is 0 Å². The lowest BCUT2D eigenvalue weighted by atomic mass is 10.2. The Balaban J connectivity index is 1.97. The molecule has 1 unspecified atom stereocenters. The van der Waals surface area contributed by atoms with Crippen LogP contribution in [-0.2, 0) is 4.74 Å². The van der Waals surface area contributed by atoms with Crippen molar-refractivity contribution >= 4 is 11.6 Å². The Labute approximate surface area is 112 Å². The lowest BCUT2D eigenvalue weighted by Gasteiger charge is -2.29. The number of hydrogen-bond donors (Lipinski definition) is 0. The molecule has 96 valence electrons. The van der Waals surface area contributed by atoms with Gasteiger partial charge in [-0.1, -0.05) is 11.6 Å². The average Bonchev–Trinajstić information content (AvgIpc) is 2.37. The van der Waals surface area contributed by atoms with Gasteiger partial charge in [-0.15, -0.1) is 0 Å². The Hall–Kier alpha value is -1.28. The summed E-state index contributed by atoms with van der Waals surface area (Å²) in [6.45, 7) is 2.92. The molecule has 0 radical (unpaired) electrons. The summed E-state index contributed by atoms with van der Waals surface area (Å²) < 4.78 is 11.2. The molecule has 5 heteroatoms. The monoisotopic (exact) mass is 266 g/mol. The minimum Gasteiger partial charge on any atom is -0.489 e. The van der Waals surface area contributed by atoms with Gasteiger partial charge in [0.1, 0.15) is 24.5 Å². The quantitative estimate of drug-likeness (QED) is 0.839. The van der Waals surface area contributed by atoms with Crippen LogP contribution in [0.5, 0.6) is 5.75 Å². The predicted molar refractivity (Wildman–Crippen MR) is 68.9 cm³/mol.